The van der Waals surface area contributed by atoms with Gasteiger partial charge < -0.3 is 10.2 Å². The molecule has 1 saturated heterocycles. The third kappa shape index (κ3) is 3.55. The molecule has 1 aliphatic heterocycles. The highest BCUT2D eigenvalue weighted by molar-refractivity contribution is 5.93. The van der Waals surface area contributed by atoms with Crippen molar-refractivity contribution < 1.29 is 9.59 Å². The Labute approximate surface area is 146 Å². The number of carbonyl (C=O) groups excluding carboxylic acids is 2. The highest BCUT2D eigenvalue weighted by Gasteiger charge is 2.36. The average Bonchev–Trinajstić information content (AvgIpc) is 3.36. The zero-order valence-corrected chi connectivity index (χ0v) is 14.0. The maximum absolute atomic E-state index is 12.6. The lowest BCUT2D eigenvalue weighted by atomic mass is 9.96. The predicted octanol–water partition coefficient (Wildman–Crippen LogP) is 1.85. The Kier molecular flexibility index (Phi) is 4.21. The van der Waals surface area contributed by atoms with Crippen molar-refractivity contribution in [2.45, 2.75) is 25.7 Å². The summed E-state index contributed by atoms with van der Waals surface area (Å²) in [5, 5.41) is 11.1. The number of aromatic nitrogens is 3. The molecule has 1 saturated carbocycles. The van der Waals surface area contributed by atoms with E-state index in [-0.39, 0.29) is 23.7 Å². The van der Waals surface area contributed by atoms with Gasteiger partial charge in [-0.05, 0) is 49.9 Å². The number of rotatable bonds is 4. The van der Waals surface area contributed by atoms with Crippen molar-refractivity contribution in [2.75, 3.05) is 18.4 Å². The zero-order chi connectivity index (χ0) is 17.2. The summed E-state index contributed by atoms with van der Waals surface area (Å²) < 4.78 is 0. The summed E-state index contributed by atoms with van der Waals surface area (Å²) in [5.41, 5.74) is 1.58. The summed E-state index contributed by atoms with van der Waals surface area (Å²) in [5.74, 6) is 0.293. The van der Waals surface area contributed by atoms with Crippen LogP contribution in [0.1, 0.15) is 25.7 Å². The van der Waals surface area contributed by atoms with Gasteiger partial charge in [-0.15, -0.1) is 0 Å². The fourth-order valence-corrected chi connectivity index (χ4v) is 3.25. The van der Waals surface area contributed by atoms with Gasteiger partial charge in [-0.1, -0.05) is 0 Å². The SMILES string of the molecule is O=C(Nc1ccc(-n2nccn2)cc1)[C@@H]1CCCN(C(=O)C2CC2)C1. The van der Waals surface area contributed by atoms with Gasteiger partial charge in [-0.3, -0.25) is 9.59 Å². The molecule has 1 aliphatic carbocycles. The molecule has 1 aromatic carbocycles. The number of hydrogen-bond acceptors (Lipinski definition) is 4. The van der Waals surface area contributed by atoms with Gasteiger partial charge in [-0.2, -0.15) is 15.0 Å². The van der Waals surface area contributed by atoms with Crippen LogP contribution in [-0.4, -0.2) is 44.8 Å². The van der Waals surface area contributed by atoms with E-state index in [0.29, 0.717) is 6.54 Å². The van der Waals surface area contributed by atoms with Crippen LogP contribution in [0.5, 0.6) is 0 Å². The first-order valence-electron chi connectivity index (χ1n) is 8.77. The fourth-order valence-electron chi connectivity index (χ4n) is 3.25. The van der Waals surface area contributed by atoms with Crippen LogP contribution < -0.4 is 5.32 Å². The molecule has 130 valence electrons. The molecule has 1 atom stereocenters. The molecule has 0 radical (unpaired) electrons. The molecule has 2 heterocycles. The predicted molar refractivity (Wildman–Crippen MR) is 92.0 cm³/mol. The van der Waals surface area contributed by atoms with Gasteiger partial charge in [0, 0.05) is 24.7 Å². The number of nitrogens with zero attached hydrogens (tertiary/aromatic N) is 4. The minimum absolute atomic E-state index is 0.0155. The zero-order valence-electron chi connectivity index (χ0n) is 14.0. The molecule has 7 nitrogen and oxygen atoms in total. The summed E-state index contributed by atoms with van der Waals surface area (Å²) in [4.78, 5) is 28.2. The van der Waals surface area contributed by atoms with Crippen molar-refractivity contribution in [1.82, 2.24) is 19.9 Å². The van der Waals surface area contributed by atoms with E-state index >= 15 is 0 Å². The number of carbonyl (C=O) groups is 2. The third-order valence-electron chi connectivity index (χ3n) is 4.81. The Balaban J connectivity index is 1.37. The molecule has 1 aromatic heterocycles. The van der Waals surface area contributed by atoms with Crippen molar-refractivity contribution in [3.05, 3.63) is 36.7 Å². The minimum Gasteiger partial charge on any atom is -0.342 e. The van der Waals surface area contributed by atoms with Crippen LogP contribution in [0.4, 0.5) is 5.69 Å². The number of nitrogens with one attached hydrogen (secondary N) is 1. The largest absolute Gasteiger partial charge is 0.342 e. The Morgan fingerprint density at radius 2 is 1.72 bits per heavy atom. The van der Waals surface area contributed by atoms with E-state index in [1.54, 1.807) is 12.4 Å². The maximum atomic E-state index is 12.6. The first-order chi connectivity index (χ1) is 12.2. The molecule has 7 heteroatoms. The number of hydrogen-bond donors (Lipinski definition) is 1. The highest BCUT2D eigenvalue weighted by Crippen LogP contribution is 2.32. The van der Waals surface area contributed by atoms with Crippen molar-refractivity contribution in [2.24, 2.45) is 11.8 Å². The number of piperidine rings is 1. The van der Waals surface area contributed by atoms with E-state index in [1.807, 2.05) is 29.2 Å². The lowest BCUT2D eigenvalue weighted by Crippen LogP contribution is -2.44. The van der Waals surface area contributed by atoms with Crippen LogP contribution >= 0.6 is 0 Å². The molecule has 0 spiro atoms. The van der Waals surface area contributed by atoms with Crippen LogP contribution in [0.3, 0.4) is 0 Å². The summed E-state index contributed by atoms with van der Waals surface area (Å²) >= 11 is 0. The number of anilines is 1. The lowest BCUT2D eigenvalue weighted by Gasteiger charge is -2.32. The molecule has 0 bridgehead atoms. The second kappa shape index (κ2) is 6.66. The van der Waals surface area contributed by atoms with Crippen molar-refractivity contribution in [1.29, 1.82) is 0 Å². The Bertz CT molecular complexity index is 752. The fraction of sp³-hybridized carbons (Fsp3) is 0.444. The normalized spacial score (nSPS) is 20.3. The van der Waals surface area contributed by atoms with Gasteiger partial charge in [0.2, 0.25) is 11.8 Å². The van der Waals surface area contributed by atoms with Gasteiger partial charge in [0.1, 0.15) is 0 Å². The van der Waals surface area contributed by atoms with E-state index in [4.69, 9.17) is 0 Å². The molecule has 2 fully saturated rings. The monoisotopic (exact) mass is 339 g/mol. The van der Waals surface area contributed by atoms with Crippen LogP contribution in [-0.2, 0) is 9.59 Å². The van der Waals surface area contributed by atoms with E-state index in [2.05, 4.69) is 15.5 Å². The van der Waals surface area contributed by atoms with Crippen molar-refractivity contribution in [3.63, 3.8) is 0 Å². The van der Waals surface area contributed by atoms with Crippen molar-refractivity contribution >= 4 is 17.5 Å². The average molecular weight is 339 g/mol. The topological polar surface area (TPSA) is 80.1 Å². The molecule has 2 aliphatic rings. The Morgan fingerprint density at radius 1 is 1.00 bits per heavy atom. The first kappa shape index (κ1) is 15.8. The minimum atomic E-state index is -0.135. The summed E-state index contributed by atoms with van der Waals surface area (Å²) in [6.07, 6.45) is 6.96. The van der Waals surface area contributed by atoms with E-state index in [9.17, 15) is 9.59 Å². The Morgan fingerprint density at radius 3 is 2.40 bits per heavy atom. The third-order valence-corrected chi connectivity index (χ3v) is 4.81. The standard InChI is InChI=1S/C18H21N5O2/c24-17(14-2-1-11-22(12-14)18(25)13-3-4-13)21-15-5-7-16(8-6-15)23-19-9-10-20-23/h5-10,13-14H,1-4,11-12H2,(H,21,24)/t14-/m1/s1. The van der Waals surface area contributed by atoms with E-state index in [0.717, 1.165) is 43.6 Å². The smallest absolute Gasteiger partial charge is 0.229 e. The van der Waals surface area contributed by atoms with Crippen molar-refractivity contribution in [3.8, 4) is 5.69 Å². The second-order valence-corrected chi connectivity index (χ2v) is 6.75. The van der Waals surface area contributed by atoms with E-state index in [1.165, 1.54) is 4.80 Å². The van der Waals surface area contributed by atoms with Gasteiger partial charge >= 0.3 is 0 Å². The van der Waals surface area contributed by atoms with Crippen LogP contribution in [0.2, 0.25) is 0 Å². The van der Waals surface area contributed by atoms with Gasteiger partial charge in [0.05, 0.1) is 24.0 Å². The molecular weight excluding hydrogens is 318 g/mol. The first-order valence-corrected chi connectivity index (χ1v) is 8.77. The van der Waals surface area contributed by atoms with E-state index < -0.39 is 0 Å². The highest BCUT2D eigenvalue weighted by atomic mass is 16.2. The van der Waals surface area contributed by atoms with Crippen LogP contribution in [0, 0.1) is 11.8 Å². The van der Waals surface area contributed by atoms with Crippen LogP contribution in [0.25, 0.3) is 5.69 Å². The van der Waals surface area contributed by atoms with Gasteiger partial charge in [-0.25, -0.2) is 0 Å². The molecule has 2 amide bonds. The molecule has 4 rings (SSSR count). The molecule has 2 aromatic rings. The summed E-state index contributed by atoms with van der Waals surface area (Å²) in [7, 11) is 0. The quantitative estimate of drug-likeness (QED) is 0.922. The molecule has 25 heavy (non-hydrogen) atoms. The number of benzene rings is 1. The maximum Gasteiger partial charge on any atom is 0.229 e. The molecule has 0 unspecified atom stereocenters. The number of amides is 2. The van der Waals surface area contributed by atoms with Gasteiger partial charge in [0.15, 0.2) is 0 Å². The van der Waals surface area contributed by atoms with Crippen LogP contribution in [0.15, 0.2) is 36.7 Å². The second-order valence-electron chi connectivity index (χ2n) is 6.75. The summed E-state index contributed by atoms with van der Waals surface area (Å²) in [6, 6.07) is 7.40. The summed E-state index contributed by atoms with van der Waals surface area (Å²) in [6.45, 7) is 1.32. The van der Waals surface area contributed by atoms with Gasteiger partial charge in [0.25, 0.3) is 0 Å². The lowest BCUT2D eigenvalue weighted by molar-refractivity contribution is -0.135. The number of likely N-dealkylation sites (tertiary alicyclic amines) is 1. The molecular formula is C18H21N5O2. The molecule has 1 N–H and O–H groups in total. The Hall–Kier alpha value is -2.70.